The first kappa shape index (κ1) is 13.9. The first-order chi connectivity index (χ1) is 8.10. The van der Waals surface area contributed by atoms with Crippen LogP contribution in [0, 0.1) is 6.92 Å². The topological polar surface area (TPSA) is 55.9 Å². The fourth-order valence-corrected chi connectivity index (χ4v) is 2.13. The first-order valence-corrected chi connectivity index (χ1v) is 6.65. The quantitative estimate of drug-likeness (QED) is 0.767. The van der Waals surface area contributed by atoms with Gasteiger partial charge in [-0.25, -0.2) is 0 Å². The number of nitrogens with one attached hydrogen (secondary N) is 1. The summed E-state index contributed by atoms with van der Waals surface area (Å²) in [5.74, 6) is 0.969. The van der Waals surface area contributed by atoms with Crippen LogP contribution in [-0.2, 0) is 7.05 Å². The van der Waals surface area contributed by atoms with E-state index in [0.29, 0.717) is 6.04 Å². The van der Waals surface area contributed by atoms with Crippen LogP contribution < -0.4 is 11.1 Å². The lowest BCUT2D eigenvalue weighted by atomic mass is 10.1. The van der Waals surface area contributed by atoms with E-state index in [1.807, 2.05) is 18.7 Å². The smallest absolute Gasteiger partial charge is 0.147 e. The number of unbranched alkanes of at least 4 members (excludes halogenated alkanes) is 1. The first-order valence-electron chi connectivity index (χ1n) is 6.65. The van der Waals surface area contributed by atoms with E-state index in [0.717, 1.165) is 17.2 Å². The third-order valence-electron chi connectivity index (χ3n) is 3.15. The Morgan fingerprint density at radius 1 is 1.29 bits per heavy atom. The maximum Gasteiger partial charge on any atom is 0.147 e. The summed E-state index contributed by atoms with van der Waals surface area (Å²) in [6, 6.07) is 0.511. The highest BCUT2D eigenvalue weighted by molar-refractivity contribution is 5.64. The standard InChI is InChI=1S/C13H26N4/c1-5-7-9-11(8-6-2)15-13-12(14)10(3)16-17(13)4/h11,15H,5-9,14H2,1-4H3. The van der Waals surface area contributed by atoms with E-state index in [-0.39, 0.29) is 0 Å². The number of nitrogens with two attached hydrogens (primary N) is 1. The number of nitrogen functional groups attached to an aromatic ring is 1. The van der Waals surface area contributed by atoms with Crippen LogP contribution >= 0.6 is 0 Å². The summed E-state index contributed by atoms with van der Waals surface area (Å²) in [4.78, 5) is 0. The number of hydrogen-bond donors (Lipinski definition) is 2. The van der Waals surface area contributed by atoms with Crippen molar-refractivity contribution < 1.29 is 0 Å². The summed E-state index contributed by atoms with van der Waals surface area (Å²) in [5, 5.41) is 7.88. The Bertz CT molecular complexity index is 343. The average Bonchev–Trinajstić information content (AvgIpc) is 2.53. The Kier molecular flexibility index (Phi) is 5.32. The molecule has 0 saturated heterocycles. The fraction of sp³-hybridized carbons (Fsp3) is 0.769. The minimum Gasteiger partial charge on any atom is -0.394 e. The van der Waals surface area contributed by atoms with Crippen molar-refractivity contribution in [1.82, 2.24) is 9.78 Å². The highest BCUT2D eigenvalue weighted by Gasteiger charge is 2.14. The summed E-state index contributed by atoms with van der Waals surface area (Å²) in [5.41, 5.74) is 7.72. The fourth-order valence-electron chi connectivity index (χ4n) is 2.13. The van der Waals surface area contributed by atoms with Gasteiger partial charge in [0.05, 0.1) is 11.4 Å². The van der Waals surface area contributed by atoms with Crippen molar-refractivity contribution in [2.75, 3.05) is 11.1 Å². The molecule has 17 heavy (non-hydrogen) atoms. The minimum atomic E-state index is 0.511. The summed E-state index contributed by atoms with van der Waals surface area (Å²) < 4.78 is 1.85. The molecule has 4 nitrogen and oxygen atoms in total. The molecular formula is C13H26N4. The van der Waals surface area contributed by atoms with Crippen LogP contribution in [-0.4, -0.2) is 15.8 Å². The molecule has 0 aliphatic rings. The van der Waals surface area contributed by atoms with Gasteiger partial charge in [0.2, 0.25) is 0 Å². The van der Waals surface area contributed by atoms with Crippen LogP contribution in [0.2, 0.25) is 0 Å². The van der Waals surface area contributed by atoms with Crippen molar-refractivity contribution >= 4 is 11.5 Å². The van der Waals surface area contributed by atoms with Crippen LogP contribution in [0.4, 0.5) is 11.5 Å². The molecule has 1 atom stereocenters. The molecule has 0 bridgehead atoms. The molecule has 1 aromatic rings. The normalized spacial score (nSPS) is 12.7. The van der Waals surface area contributed by atoms with Crippen LogP contribution in [0.25, 0.3) is 0 Å². The number of aryl methyl sites for hydroxylation is 2. The Hall–Kier alpha value is -1.19. The third kappa shape index (κ3) is 3.65. The molecular weight excluding hydrogens is 212 g/mol. The highest BCUT2D eigenvalue weighted by atomic mass is 15.3. The molecule has 0 saturated carbocycles. The molecule has 98 valence electrons. The van der Waals surface area contributed by atoms with Crippen LogP contribution in [0.15, 0.2) is 0 Å². The summed E-state index contributed by atoms with van der Waals surface area (Å²) in [6.45, 7) is 6.39. The van der Waals surface area contributed by atoms with E-state index < -0.39 is 0 Å². The van der Waals surface area contributed by atoms with Gasteiger partial charge in [-0.05, 0) is 19.8 Å². The number of rotatable bonds is 7. The predicted octanol–water partition coefficient (Wildman–Crippen LogP) is 3.08. The second kappa shape index (κ2) is 6.52. The Morgan fingerprint density at radius 2 is 2.00 bits per heavy atom. The van der Waals surface area contributed by atoms with Gasteiger partial charge in [-0.1, -0.05) is 33.1 Å². The zero-order valence-corrected chi connectivity index (χ0v) is 11.6. The highest BCUT2D eigenvalue weighted by Crippen LogP contribution is 2.23. The van der Waals surface area contributed by atoms with E-state index in [9.17, 15) is 0 Å². The van der Waals surface area contributed by atoms with Gasteiger partial charge in [0.15, 0.2) is 0 Å². The lowest BCUT2D eigenvalue weighted by molar-refractivity contribution is 0.558. The van der Waals surface area contributed by atoms with E-state index in [2.05, 4.69) is 24.3 Å². The largest absolute Gasteiger partial charge is 0.394 e. The van der Waals surface area contributed by atoms with Crippen LogP contribution in [0.3, 0.4) is 0 Å². The van der Waals surface area contributed by atoms with Gasteiger partial charge in [-0.15, -0.1) is 0 Å². The van der Waals surface area contributed by atoms with E-state index in [1.54, 1.807) is 0 Å². The van der Waals surface area contributed by atoms with Crippen molar-refractivity contribution in [2.24, 2.45) is 7.05 Å². The third-order valence-corrected chi connectivity index (χ3v) is 3.15. The molecule has 0 spiro atoms. The SMILES string of the molecule is CCCCC(CCC)Nc1c(N)c(C)nn1C. The number of hydrogen-bond acceptors (Lipinski definition) is 3. The van der Waals surface area contributed by atoms with Gasteiger partial charge in [0.1, 0.15) is 5.82 Å². The van der Waals surface area contributed by atoms with Gasteiger partial charge in [0, 0.05) is 13.1 Å². The lowest BCUT2D eigenvalue weighted by Gasteiger charge is -2.19. The number of aromatic nitrogens is 2. The number of nitrogens with zero attached hydrogens (tertiary/aromatic N) is 2. The molecule has 3 N–H and O–H groups in total. The predicted molar refractivity (Wildman–Crippen MR) is 74.2 cm³/mol. The van der Waals surface area contributed by atoms with Gasteiger partial charge in [-0.3, -0.25) is 4.68 Å². The molecule has 0 aliphatic heterocycles. The van der Waals surface area contributed by atoms with Crippen molar-refractivity contribution in [1.29, 1.82) is 0 Å². The zero-order valence-electron chi connectivity index (χ0n) is 11.6. The summed E-state index contributed by atoms with van der Waals surface area (Å²) in [7, 11) is 1.94. The van der Waals surface area contributed by atoms with E-state index >= 15 is 0 Å². The zero-order chi connectivity index (χ0) is 12.8. The van der Waals surface area contributed by atoms with Gasteiger partial charge in [0.25, 0.3) is 0 Å². The maximum atomic E-state index is 6.03. The van der Waals surface area contributed by atoms with Crippen LogP contribution in [0.1, 0.15) is 51.6 Å². The molecule has 4 heteroatoms. The Balaban J connectivity index is 2.70. The molecule has 1 unspecified atom stereocenters. The second-order valence-corrected chi connectivity index (χ2v) is 4.74. The maximum absolute atomic E-state index is 6.03. The van der Waals surface area contributed by atoms with Crippen molar-refractivity contribution in [3.63, 3.8) is 0 Å². The van der Waals surface area contributed by atoms with Gasteiger partial charge >= 0.3 is 0 Å². The van der Waals surface area contributed by atoms with E-state index in [4.69, 9.17) is 5.73 Å². The molecule has 0 aliphatic carbocycles. The average molecular weight is 238 g/mol. The summed E-state index contributed by atoms with van der Waals surface area (Å²) in [6.07, 6.45) is 6.08. The van der Waals surface area contributed by atoms with Gasteiger partial charge in [-0.2, -0.15) is 5.10 Å². The second-order valence-electron chi connectivity index (χ2n) is 4.74. The summed E-state index contributed by atoms with van der Waals surface area (Å²) >= 11 is 0. The molecule has 0 radical (unpaired) electrons. The monoisotopic (exact) mass is 238 g/mol. The minimum absolute atomic E-state index is 0.511. The van der Waals surface area contributed by atoms with E-state index in [1.165, 1.54) is 32.1 Å². The van der Waals surface area contributed by atoms with Crippen molar-refractivity contribution in [3.05, 3.63) is 5.69 Å². The van der Waals surface area contributed by atoms with Crippen molar-refractivity contribution in [3.8, 4) is 0 Å². The molecule has 0 fully saturated rings. The molecule has 0 amide bonds. The van der Waals surface area contributed by atoms with Crippen molar-refractivity contribution in [2.45, 2.75) is 58.9 Å². The van der Waals surface area contributed by atoms with Crippen LogP contribution in [0.5, 0.6) is 0 Å². The molecule has 1 heterocycles. The Labute approximate surface area is 105 Å². The van der Waals surface area contributed by atoms with Gasteiger partial charge < -0.3 is 11.1 Å². The lowest BCUT2D eigenvalue weighted by Crippen LogP contribution is -2.21. The Morgan fingerprint density at radius 3 is 2.47 bits per heavy atom. The molecule has 1 aromatic heterocycles. The number of anilines is 2. The molecule has 1 rings (SSSR count). The molecule has 0 aromatic carbocycles.